The third kappa shape index (κ3) is 4.34. The molecule has 0 rings (SSSR count). The summed E-state index contributed by atoms with van der Waals surface area (Å²) < 4.78 is 0. The Morgan fingerprint density at radius 3 is 2.42 bits per heavy atom. The van der Waals surface area contributed by atoms with Crippen molar-refractivity contribution in [1.29, 1.82) is 0 Å². The second-order valence-corrected chi connectivity index (χ2v) is 3.16. The van der Waals surface area contributed by atoms with Crippen molar-refractivity contribution in [2.24, 2.45) is 0 Å². The lowest BCUT2D eigenvalue weighted by atomic mass is 10.1. The molecule has 0 aliphatic rings. The van der Waals surface area contributed by atoms with Crippen LogP contribution in [0, 0.1) is 0 Å². The zero-order valence-corrected chi connectivity index (χ0v) is 8.13. The lowest BCUT2D eigenvalue weighted by Gasteiger charge is -2.18. The third-order valence-corrected chi connectivity index (χ3v) is 1.97. The molecule has 3 heteroatoms. The highest BCUT2D eigenvalue weighted by atomic mass is 16.4. The first-order valence-corrected chi connectivity index (χ1v) is 4.60. The van der Waals surface area contributed by atoms with Gasteiger partial charge in [0.05, 0.1) is 0 Å². The quantitative estimate of drug-likeness (QED) is 0.641. The first-order valence-electron chi connectivity index (χ1n) is 4.60. The summed E-state index contributed by atoms with van der Waals surface area (Å²) >= 11 is 0. The first kappa shape index (κ1) is 11.4. The van der Waals surface area contributed by atoms with Crippen molar-refractivity contribution in [3.63, 3.8) is 0 Å². The number of carbonyl (C=O) groups is 1. The van der Waals surface area contributed by atoms with Crippen LogP contribution in [0.4, 0.5) is 0 Å². The van der Waals surface area contributed by atoms with Crippen molar-refractivity contribution in [1.82, 2.24) is 5.32 Å². The molecule has 0 saturated carbocycles. The third-order valence-electron chi connectivity index (χ3n) is 1.97. The Morgan fingerprint density at radius 2 is 2.08 bits per heavy atom. The summed E-state index contributed by atoms with van der Waals surface area (Å²) in [4.78, 5) is 10.7. The van der Waals surface area contributed by atoms with Crippen LogP contribution in [-0.2, 0) is 4.79 Å². The topological polar surface area (TPSA) is 49.3 Å². The van der Waals surface area contributed by atoms with Crippen LogP contribution in [0.5, 0.6) is 0 Å². The number of hydrogen-bond acceptors (Lipinski definition) is 2. The van der Waals surface area contributed by atoms with Crippen LogP contribution in [0.1, 0.15) is 40.0 Å². The summed E-state index contributed by atoms with van der Waals surface area (Å²) in [6.45, 7) is 6.04. The molecular formula is C9H19NO2. The van der Waals surface area contributed by atoms with E-state index in [1.54, 1.807) is 0 Å². The molecule has 0 aromatic heterocycles. The zero-order chi connectivity index (χ0) is 9.56. The average molecular weight is 173 g/mol. The number of rotatable bonds is 6. The maximum atomic E-state index is 10.7. The van der Waals surface area contributed by atoms with Gasteiger partial charge in [0.1, 0.15) is 6.04 Å². The van der Waals surface area contributed by atoms with E-state index in [-0.39, 0.29) is 12.1 Å². The minimum atomic E-state index is -0.739. The van der Waals surface area contributed by atoms with Crippen LogP contribution in [0.25, 0.3) is 0 Å². The fourth-order valence-corrected chi connectivity index (χ4v) is 1.03. The van der Waals surface area contributed by atoms with Crippen LogP contribution in [0.2, 0.25) is 0 Å². The Bertz CT molecular complexity index is 136. The van der Waals surface area contributed by atoms with Gasteiger partial charge in [0.25, 0.3) is 0 Å². The minimum Gasteiger partial charge on any atom is -0.480 e. The number of carboxylic acid groups (broad SMARTS) is 1. The SMILES string of the molecule is CCCC(NC(C)CC)C(=O)O. The minimum absolute atomic E-state index is 0.289. The van der Waals surface area contributed by atoms with Crippen LogP contribution < -0.4 is 5.32 Å². The van der Waals surface area contributed by atoms with Gasteiger partial charge in [-0.1, -0.05) is 20.3 Å². The van der Waals surface area contributed by atoms with E-state index >= 15 is 0 Å². The largest absolute Gasteiger partial charge is 0.480 e. The van der Waals surface area contributed by atoms with E-state index in [1.165, 1.54) is 0 Å². The molecule has 0 heterocycles. The molecule has 0 amide bonds. The van der Waals surface area contributed by atoms with E-state index in [0.29, 0.717) is 6.42 Å². The molecule has 0 aromatic carbocycles. The van der Waals surface area contributed by atoms with Gasteiger partial charge in [-0.3, -0.25) is 4.79 Å². The molecule has 0 spiro atoms. The normalized spacial score (nSPS) is 15.6. The molecule has 2 atom stereocenters. The Balaban J connectivity index is 3.86. The molecule has 0 saturated heterocycles. The number of hydrogen-bond donors (Lipinski definition) is 2. The van der Waals surface area contributed by atoms with Crippen molar-refractivity contribution in [3.05, 3.63) is 0 Å². The van der Waals surface area contributed by atoms with Crippen LogP contribution in [0.15, 0.2) is 0 Å². The van der Waals surface area contributed by atoms with E-state index < -0.39 is 5.97 Å². The highest BCUT2D eigenvalue weighted by molar-refractivity contribution is 5.73. The predicted octanol–water partition coefficient (Wildman–Crippen LogP) is 1.63. The van der Waals surface area contributed by atoms with Gasteiger partial charge in [-0.2, -0.15) is 0 Å². The molecule has 0 aliphatic heterocycles. The van der Waals surface area contributed by atoms with Gasteiger partial charge in [-0.15, -0.1) is 0 Å². The van der Waals surface area contributed by atoms with Gasteiger partial charge in [0.15, 0.2) is 0 Å². The molecule has 0 fully saturated rings. The maximum absolute atomic E-state index is 10.7. The molecular weight excluding hydrogens is 154 g/mol. The highest BCUT2D eigenvalue weighted by Gasteiger charge is 2.16. The lowest BCUT2D eigenvalue weighted by molar-refractivity contribution is -0.139. The van der Waals surface area contributed by atoms with Crippen LogP contribution in [0.3, 0.4) is 0 Å². The standard InChI is InChI=1S/C9H19NO2/c1-4-6-8(9(11)12)10-7(3)5-2/h7-8,10H,4-6H2,1-3H3,(H,11,12). The lowest BCUT2D eigenvalue weighted by Crippen LogP contribution is -2.41. The zero-order valence-electron chi connectivity index (χ0n) is 8.13. The monoisotopic (exact) mass is 173 g/mol. The van der Waals surface area contributed by atoms with Crippen molar-refractivity contribution in [3.8, 4) is 0 Å². The van der Waals surface area contributed by atoms with Crippen molar-refractivity contribution >= 4 is 5.97 Å². The summed E-state index contributed by atoms with van der Waals surface area (Å²) in [7, 11) is 0. The number of nitrogens with one attached hydrogen (secondary N) is 1. The predicted molar refractivity (Wildman–Crippen MR) is 49.2 cm³/mol. The fourth-order valence-electron chi connectivity index (χ4n) is 1.03. The van der Waals surface area contributed by atoms with Crippen molar-refractivity contribution in [2.75, 3.05) is 0 Å². The Hall–Kier alpha value is -0.570. The summed E-state index contributed by atoms with van der Waals surface area (Å²) in [5.41, 5.74) is 0. The summed E-state index contributed by atoms with van der Waals surface area (Å²) in [6, 6.07) is -0.0809. The molecule has 2 N–H and O–H groups in total. The fraction of sp³-hybridized carbons (Fsp3) is 0.889. The van der Waals surface area contributed by atoms with Gasteiger partial charge in [-0.05, 0) is 19.8 Å². The molecule has 0 aliphatic carbocycles. The molecule has 72 valence electrons. The van der Waals surface area contributed by atoms with Gasteiger partial charge >= 0.3 is 5.97 Å². The molecule has 0 bridgehead atoms. The van der Waals surface area contributed by atoms with E-state index in [4.69, 9.17) is 5.11 Å². The Morgan fingerprint density at radius 1 is 1.50 bits per heavy atom. The Labute approximate surface area is 74.2 Å². The summed E-state index contributed by atoms with van der Waals surface area (Å²) in [5, 5.41) is 11.9. The van der Waals surface area contributed by atoms with Gasteiger partial charge in [0, 0.05) is 6.04 Å². The molecule has 3 nitrogen and oxygen atoms in total. The smallest absolute Gasteiger partial charge is 0.320 e. The number of aliphatic carboxylic acids is 1. The van der Waals surface area contributed by atoms with E-state index in [0.717, 1.165) is 12.8 Å². The second-order valence-electron chi connectivity index (χ2n) is 3.16. The number of carboxylic acids is 1. The molecule has 2 unspecified atom stereocenters. The van der Waals surface area contributed by atoms with Crippen molar-refractivity contribution in [2.45, 2.75) is 52.1 Å². The maximum Gasteiger partial charge on any atom is 0.320 e. The summed E-state index contributed by atoms with van der Waals surface area (Å²) in [5.74, 6) is -0.739. The van der Waals surface area contributed by atoms with E-state index in [2.05, 4.69) is 5.32 Å². The van der Waals surface area contributed by atoms with Gasteiger partial charge < -0.3 is 10.4 Å². The van der Waals surface area contributed by atoms with E-state index in [9.17, 15) is 4.79 Å². The van der Waals surface area contributed by atoms with Gasteiger partial charge in [0.2, 0.25) is 0 Å². The Kier molecular flexibility index (Phi) is 5.72. The molecule has 0 aromatic rings. The average Bonchev–Trinajstić information content (AvgIpc) is 2.03. The van der Waals surface area contributed by atoms with Crippen LogP contribution in [-0.4, -0.2) is 23.2 Å². The van der Waals surface area contributed by atoms with Crippen LogP contribution >= 0.6 is 0 Å². The molecule has 0 radical (unpaired) electrons. The van der Waals surface area contributed by atoms with Gasteiger partial charge in [-0.25, -0.2) is 0 Å². The molecule has 12 heavy (non-hydrogen) atoms. The highest BCUT2D eigenvalue weighted by Crippen LogP contribution is 2.00. The van der Waals surface area contributed by atoms with E-state index in [1.807, 2.05) is 20.8 Å². The first-order chi connectivity index (χ1) is 5.61. The van der Waals surface area contributed by atoms with Crippen molar-refractivity contribution < 1.29 is 9.90 Å². The summed E-state index contributed by atoms with van der Waals surface area (Å²) in [6.07, 6.45) is 2.58. The second kappa shape index (κ2) is 6.00.